The standard InChI is InChI=1S/C15H23N5O3/c1-12(21)16-6-3-4-14(22)19-8-10-20(11-9-19)15-17-7-5-13(18-15)23-2/h5,7H,3-4,6,8-11H2,1-2H3,(H,16,21). The van der Waals surface area contributed by atoms with E-state index in [1.54, 1.807) is 19.4 Å². The number of anilines is 1. The van der Waals surface area contributed by atoms with Crippen molar-refractivity contribution in [3.05, 3.63) is 12.3 Å². The summed E-state index contributed by atoms with van der Waals surface area (Å²) in [5.41, 5.74) is 0. The number of amides is 2. The molecule has 1 fully saturated rings. The Morgan fingerprint density at radius 1 is 1.30 bits per heavy atom. The van der Waals surface area contributed by atoms with Crippen molar-refractivity contribution in [3.63, 3.8) is 0 Å². The Kier molecular flexibility index (Phi) is 6.13. The molecular weight excluding hydrogens is 298 g/mol. The summed E-state index contributed by atoms with van der Waals surface area (Å²) < 4.78 is 5.10. The number of ether oxygens (including phenoxy) is 1. The Bertz CT molecular complexity index is 544. The molecule has 8 nitrogen and oxygen atoms in total. The van der Waals surface area contributed by atoms with Crippen LogP contribution in [-0.2, 0) is 9.59 Å². The van der Waals surface area contributed by atoms with Crippen LogP contribution in [0.3, 0.4) is 0 Å². The molecule has 0 spiro atoms. The first kappa shape index (κ1) is 17.0. The Labute approximate surface area is 135 Å². The molecule has 1 saturated heterocycles. The Hall–Kier alpha value is -2.38. The van der Waals surface area contributed by atoms with Crippen LogP contribution < -0.4 is 15.0 Å². The monoisotopic (exact) mass is 321 g/mol. The summed E-state index contributed by atoms with van der Waals surface area (Å²) in [4.78, 5) is 35.4. The SMILES string of the molecule is COc1ccnc(N2CCN(C(=O)CCCNC(C)=O)CC2)n1. The fourth-order valence-corrected chi connectivity index (χ4v) is 2.42. The predicted molar refractivity (Wildman–Crippen MR) is 85.3 cm³/mol. The summed E-state index contributed by atoms with van der Waals surface area (Å²) in [7, 11) is 1.57. The highest BCUT2D eigenvalue weighted by Crippen LogP contribution is 2.14. The lowest BCUT2D eigenvalue weighted by Crippen LogP contribution is -2.49. The molecule has 126 valence electrons. The van der Waals surface area contributed by atoms with Gasteiger partial charge in [0, 0.05) is 58.3 Å². The van der Waals surface area contributed by atoms with Crippen LogP contribution in [0, 0.1) is 0 Å². The molecule has 1 N–H and O–H groups in total. The third-order valence-electron chi connectivity index (χ3n) is 3.68. The van der Waals surface area contributed by atoms with Crippen molar-refractivity contribution in [2.45, 2.75) is 19.8 Å². The zero-order chi connectivity index (χ0) is 16.7. The number of carbonyl (C=O) groups excluding carboxylic acids is 2. The van der Waals surface area contributed by atoms with Crippen LogP contribution in [0.25, 0.3) is 0 Å². The van der Waals surface area contributed by atoms with E-state index in [2.05, 4.69) is 15.3 Å². The quantitative estimate of drug-likeness (QED) is 0.745. The molecule has 0 bridgehead atoms. The van der Waals surface area contributed by atoms with Gasteiger partial charge in [-0.3, -0.25) is 9.59 Å². The van der Waals surface area contributed by atoms with Crippen LogP contribution in [-0.4, -0.2) is 66.5 Å². The van der Waals surface area contributed by atoms with Crippen molar-refractivity contribution in [1.29, 1.82) is 0 Å². The molecule has 2 rings (SSSR count). The van der Waals surface area contributed by atoms with Gasteiger partial charge in [-0.1, -0.05) is 0 Å². The van der Waals surface area contributed by atoms with Gasteiger partial charge >= 0.3 is 0 Å². The summed E-state index contributed by atoms with van der Waals surface area (Å²) in [5.74, 6) is 1.22. The Morgan fingerprint density at radius 2 is 2.04 bits per heavy atom. The number of hydrogen-bond donors (Lipinski definition) is 1. The van der Waals surface area contributed by atoms with Crippen LogP contribution in [0.4, 0.5) is 5.95 Å². The number of aromatic nitrogens is 2. The molecule has 0 aromatic carbocycles. The molecule has 2 amide bonds. The van der Waals surface area contributed by atoms with Gasteiger partial charge in [-0.05, 0) is 6.42 Å². The van der Waals surface area contributed by atoms with E-state index in [1.807, 2.05) is 9.80 Å². The molecule has 1 aliphatic heterocycles. The highest BCUT2D eigenvalue weighted by molar-refractivity contribution is 5.76. The van der Waals surface area contributed by atoms with E-state index in [4.69, 9.17) is 4.74 Å². The van der Waals surface area contributed by atoms with Crippen LogP contribution in [0.5, 0.6) is 5.88 Å². The highest BCUT2D eigenvalue weighted by Gasteiger charge is 2.22. The Balaban J connectivity index is 1.76. The second-order valence-corrected chi connectivity index (χ2v) is 5.35. The zero-order valence-corrected chi connectivity index (χ0v) is 13.6. The minimum atomic E-state index is -0.0654. The van der Waals surface area contributed by atoms with Crippen molar-refractivity contribution in [1.82, 2.24) is 20.2 Å². The van der Waals surface area contributed by atoms with Crippen LogP contribution in [0.1, 0.15) is 19.8 Å². The van der Waals surface area contributed by atoms with Crippen molar-refractivity contribution >= 4 is 17.8 Å². The number of rotatable bonds is 6. The zero-order valence-electron chi connectivity index (χ0n) is 13.6. The van der Waals surface area contributed by atoms with Crippen molar-refractivity contribution in [2.75, 3.05) is 44.7 Å². The summed E-state index contributed by atoms with van der Waals surface area (Å²) in [6, 6.07) is 1.71. The first-order valence-corrected chi connectivity index (χ1v) is 7.74. The molecule has 0 unspecified atom stereocenters. The number of nitrogens with one attached hydrogen (secondary N) is 1. The van der Waals surface area contributed by atoms with E-state index in [1.165, 1.54) is 6.92 Å². The number of hydrogen-bond acceptors (Lipinski definition) is 6. The maximum absolute atomic E-state index is 12.1. The minimum Gasteiger partial charge on any atom is -0.481 e. The first-order valence-electron chi connectivity index (χ1n) is 7.74. The normalized spacial score (nSPS) is 14.5. The summed E-state index contributed by atoms with van der Waals surface area (Å²) in [6.45, 7) is 4.72. The lowest BCUT2D eigenvalue weighted by atomic mass is 10.2. The number of piperazine rings is 1. The Morgan fingerprint density at radius 3 is 2.70 bits per heavy atom. The average molecular weight is 321 g/mol. The highest BCUT2D eigenvalue weighted by atomic mass is 16.5. The number of carbonyl (C=O) groups is 2. The summed E-state index contributed by atoms with van der Waals surface area (Å²) in [5, 5.41) is 2.70. The molecular formula is C15H23N5O3. The molecule has 23 heavy (non-hydrogen) atoms. The summed E-state index contributed by atoms with van der Waals surface area (Å²) in [6.07, 6.45) is 2.79. The average Bonchev–Trinajstić information content (AvgIpc) is 2.58. The second kappa shape index (κ2) is 8.30. The van der Waals surface area contributed by atoms with E-state index in [-0.39, 0.29) is 11.8 Å². The maximum Gasteiger partial charge on any atom is 0.228 e. The van der Waals surface area contributed by atoms with Crippen molar-refractivity contribution in [3.8, 4) is 5.88 Å². The molecule has 0 atom stereocenters. The molecule has 1 aromatic heterocycles. The molecule has 8 heteroatoms. The van der Waals surface area contributed by atoms with Gasteiger partial charge in [-0.15, -0.1) is 0 Å². The predicted octanol–water partition coefficient (Wildman–Crippen LogP) is 0.0501. The maximum atomic E-state index is 12.1. The molecule has 0 radical (unpaired) electrons. The van der Waals surface area contributed by atoms with Crippen molar-refractivity contribution in [2.24, 2.45) is 0 Å². The first-order chi connectivity index (χ1) is 11.1. The van der Waals surface area contributed by atoms with Gasteiger partial charge in [-0.25, -0.2) is 4.98 Å². The van der Waals surface area contributed by atoms with Crippen molar-refractivity contribution < 1.29 is 14.3 Å². The lowest BCUT2D eigenvalue weighted by Gasteiger charge is -2.34. The topological polar surface area (TPSA) is 87.7 Å². The van der Waals surface area contributed by atoms with Gasteiger partial charge in [0.1, 0.15) is 0 Å². The molecule has 0 saturated carbocycles. The number of methoxy groups -OCH3 is 1. The third kappa shape index (κ3) is 5.08. The molecule has 0 aliphatic carbocycles. The molecule has 1 aliphatic rings. The van der Waals surface area contributed by atoms with E-state index in [0.29, 0.717) is 57.4 Å². The van der Waals surface area contributed by atoms with Gasteiger partial charge in [0.05, 0.1) is 7.11 Å². The van der Waals surface area contributed by atoms with E-state index in [9.17, 15) is 9.59 Å². The van der Waals surface area contributed by atoms with E-state index >= 15 is 0 Å². The molecule has 1 aromatic rings. The fourth-order valence-electron chi connectivity index (χ4n) is 2.42. The second-order valence-electron chi connectivity index (χ2n) is 5.35. The van der Waals surface area contributed by atoms with E-state index < -0.39 is 0 Å². The summed E-state index contributed by atoms with van der Waals surface area (Å²) >= 11 is 0. The minimum absolute atomic E-state index is 0.0654. The van der Waals surface area contributed by atoms with Gasteiger partial charge in [0.25, 0.3) is 0 Å². The van der Waals surface area contributed by atoms with Crippen LogP contribution >= 0.6 is 0 Å². The van der Waals surface area contributed by atoms with E-state index in [0.717, 1.165) is 0 Å². The van der Waals surface area contributed by atoms with Gasteiger partial charge in [-0.2, -0.15) is 4.98 Å². The smallest absolute Gasteiger partial charge is 0.228 e. The van der Waals surface area contributed by atoms with Crippen LogP contribution in [0.15, 0.2) is 12.3 Å². The largest absolute Gasteiger partial charge is 0.481 e. The lowest BCUT2D eigenvalue weighted by molar-refractivity contribution is -0.131. The number of nitrogens with zero attached hydrogens (tertiary/aromatic N) is 4. The molecule has 2 heterocycles. The van der Waals surface area contributed by atoms with Gasteiger partial charge in [0.15, 0.2) is 0 Å². The fraction of sp³-hybridized carbons (Fsp3) is 0.600. The third-order valence-corrected chi connectivity index (χ3v) is 3.68. The van der Waals surface area contributed by atoms with Gasteiger partial charge < -0.3 is 19.9 Å². The van der Waals surface area contributed by atoms with Crippen LogP contribution in [0.2, 0.25) is 0 Å². The van der Waals surface area contributed by atoms with Gasteiger partial charge in [0.2, 0.25) is 23.6 Å².